The molecule has 1 aromatic heterocycles. The highest BCUT2D eigenvalue weighted by Crippen LogP contribution is 2.44. The van der Waals surface area contributed by atoms with Crippen molar-refractivity contribution in [2.75, 3.05) is 6.61 Å². The first-order valence-corrected chi connectivity index (χ1v) is 11.8. The van der Waals surface area contributed by atoms with Crippen molar-refractivity contribution in [1.82, 2.24) is 0 Å². The average molecular weight is 340 g/mol. The maximum atomic E-state index is 12.4. The minimum Gasteiger partial charge on any atom is -0.474 e. The lowest BCUT2D eigenvalue weighted by atomic mass is 9.67. The predicted octanol–water partition coefficient (Wildman–Crippen LogP) is 1.98. The molecular weight excluding hydrogens is 312 g/mol. The van der Waals surface area contributed by atoms with Crippen molar-refractivity contribution >= 4 is 19.4 Å². The Morgan fingerprint density at radius 2 is 2.13 bits per heavy atom. The van der Waals surface area contributed by atoms with Gasteiger partial charge >= 0.3 is 5.97 Å². The van der Waals surface area contributed by atoms with Gasteiger partial charge in [0, 0.05) is 12.0 Å². The Morgan fingerprint density at radius 3 is 2.70 bits per heavy atom. The Hall–Kier alpha value is -1.11. The summed E-state index contributed by atoms with van der Waals surface area (Å²) in [6.45, 7) is 10.3. The van der Waals surface area contributed by atoms with Crippen LogP contribution in [0.2, 0.25) is 19.6 Å². The number of esters is 1. The van der Waals surface area contributed by atoms with E-state index in [1.165, 1.54) is 0 Å². The number of carbonyl (C=O) groups is 1. The third-order valence-electron chi connectivity index (χ3n) is 4.75. The van der Waals surface area contributed by atoms with Crippen LogP contribution in [0.1, 0.15) is 32.3 Å². The first kappa shape index (κ1) is 18.2. The molecule has 1 fully saturated rings. The van der Waals surface area contributed by atoms with Crippen molar-refractivity contribution in [3.8, 4) is 0 Å². The van der Waals surface area contributed by atoms with Crippen molar-refractivity contribution in [2.45, 2.75) is 58.0 Å². The van der Waals surface area contributed by atoms with Crippen LogP contribution in [0.15, 0.2) is 16.7 Å². The van der Waals surface area contributed by atoms with E-state index in [2.05, 4.69) is 19.6 Å². The standard InChI is InChI=1S/C17H28O5Si/c1-6-21-15(19)13-9-11(2)14(18)10-17(13,20)12-7-8-22-16(12)23(3,4)5/h7-8,11,13-14,18,20H,6,9-10H2,1-5H3/t11-,13-,14-,17+/m1/s1. The van der Waals surface area contributed by atoms with Gasteiger partial charge in [-0.1, -0.05) is 26.6 Å². The number of aliphatic hydroxyl groups is 2. The van der Waals surface area contributed by atoms with E-state index in [0.717, 1.165) is 5.38 Å². The number of furan rings is 1. The third-order valence-corrected chi connectivity index (χ3v) is 6.49. The molecule has 2 rings (SSSR count). The summed E-state index contributed by atoms with van der Waals surface area (Å²) in [6.07, 6.45) is 1.42. The monoisotopic (exact) mass is 340 g/mol. The summed E-state index contributed by atoms with van der Waals surface area (Å²) in [7, 11) is -1.84. The SMILES string of the molecule is CCOC(=O)[C@H]1C[C@@H](C)[C@H](O)C[C@]1(O)c1ccoc1[Si](C)(C)C. The lowest BCUT2D eigenvalue weighted by Gasteiger charge is -2.43. The summed E-state index contributed by atoms with van der Waals surface area (Å²) in [5, 5.41) is 22.5. The second-order valence-electron chi connectivity index (χ2n) is 7.63. The highest BCUT2D eigenvalue weighted by atomic mass is 28.3. The van der Waals surface area contributed by atoms with Gasteiger partial charge in [-0.15, -0.1) is 0 Å². The van der Waals surface area contributed by atoms with Gasteiger partial charge in [-0.3, -0.25) is 4.79 Å². The largest absolute Gasteiger partial charge is 0.474 e. The van der Waals surface area contributed by atoms with Crippen LogP contribution < -0.4 is 5.38 Å². The van der Waals surface area contributed by atoms with E-state index in [9.17, 15) is 15.0 Å². The van der Waals surface area contributed by atoms with Crippen molar-refractivity contribution < 1.29 is 24.2 Å². The van der Waals surface area contributed by atoms with Crippen molar-refractivity contribution in [1.29, 1.82) is 0 Å². The molecule has 0 amide bonds. The molecule has 4 atom stereocenters. The normalized spacial score (nSPS) is 31.9. The van der Waals surface area contributed by atoms with Crippen LogP contribution in [-0.4, -0.2) is 37.0 Å². The van der Waals surface area contributed by atoms with E-state index in [0.29, 0.717) is 12.0 Å². The van der Waals surface area contributed by atoms with E-state index in [1.54, 1.807) is 19.3 Å². The number of rotatable bonds is 4. The molecule has 0 radical (unpaired) electrons. The first-order valence-electron chi connectivity index (χ1n) is 8.26. The molecule has 1 saturated carbocycles. The van der Waals surface area contributed by atoms with Crippen molar-refractivity contribution in [2.24, 2.45) is 11.8 Å². The molecule has 2 N–H and O–H groups in total. The Labute approximate surface area is 138 Å². The summed E-state index contributed by atoms with van der Waals surface area (Å²) < 4.78 is 10.8. The van der Waals surface area contributed by atoms with E-state index in [1.807, 2.05) is 6.92 Å². The van der Waals surface area contributed by atoms with E-state index < -0.39 is 31.7 Å². The Kier molecular flexibility index (Phi) is 5.08. The fraction of sp³-hybridized carbons (Fsp3) is 0.706. The predicted molar refractivity (Wildman–Crippen MR) is 90.1 cm³/mol. The van der Waals surface area contributed by atoms with Crippen LogP contribution >= 0.6 is 0 Å². The smallest absolute Gasteiger partial charge is 0.312 e. The number of hydrogen-bond donors (Lipinski definition) is 2. The van der Waals surface area contributed by atoms with Crippen LogP contribution in [-0.2, 0) is 15.1 Å². The quantitative estimate of drug-likeness (QED) is 0.647. The van der Waals surface area contributed by atoms with Gasteiger partial charge in [0.1, 0.15) is 13.7 Å². The van der Waals surface area contributed by atoms with Crippen molar-refractivity contribution in [3.63, 3.8) is 0 Å². The molecule has 0 aliphatic heterocycles. The maximum absolute atomic E-state index is 12.4. The Bertz CT molecular complexity index is 562. The Morgan fingerprint density at radius 1 is 1.48 bits per heavy atom. The summed E-state index contributed by atoms with van der Waals surface area (Å²) in [4.78, 5) is 12.4. The van der Waals surface area contributed by atoms with Gasteiger partial charge in [0.2, 0.25) is 0 Å². The minimum atomic E-state index is -1.84. The second-order valence-corrected chi connectivity index (χ2v) is 12.6. The molecule has 0 aromatic carbocycles. The molecule has 5 nitrogen and oxygen atoms in total. The van der Waals surface area contributed by atoms with E-state index >= 15 is 0 Å². The van der Waals surface area contributed by atoms with Gasteiger partial charge in [-0.25, -0.2) is 0 Å². The van der Waals surface area contributed by atoms with Gasteiger partial charge in [0.25, 0.3) is 0 Å². The number of carbonyl (C=O) groups excluding carboxylic acids is 1. The van der Waals surface area contributed by atoms with Crippen molar-refractivity contribution in [3.05, 3.63) is 17.9 Å². The van der Waals surface area contributed by atoms with Gasteiger partial charge in [0.05, 0.1) is 30.3 Å². The minimum absolute atomic E-state index is 0.0630. The topological polar surface area (TPSA) is 79.9 Å². The van der Waals surface area contributed by atoms with Crippen LogP contribution in [0, 0.1) is 11.8 Å². The number of ether oxygens (including phenoxy) is 1. The molecule has 1 aliphatic carbocycles. The lowest BCUT2D eigenvalue weighted by molar-refractivity contribution is -0.172. The molecule has 6 heteroatoms. The summed E-state index contributed by atoms with van der Waals surface area (Å²) in [5.41, 5.74) is -0.804. The zero-order valence-corrected chi connectivity index (χ0v) is 15.6. The van der Waals surface area contributed by atoms with Crippen LogP contribution in [0.25, 0.3) is 0 Å². The van der Waals surface area contributed by atoms with Gasteiger partial charge in [-0.2, -0.15) is 0 Å². The van der Waals surface area contributed by atoms with Gasteiger partial charge in [0.15, 0.2) is 0 Å². The Balaban J connectivity index is 2.49. The third kappa shape index (κ3) is 3.39. The van der Waals surface area contributed by atoms with Crippen LogP contribution in [0.5, 0.6) is 0 Å². The molecule has 0 unspecified atom stereocenters. The lowest BCUT2D eigenvalue weighted by Crippen LogP contribution is -2.53. The molecular formula is C17H28O5Si. The molecule has 0 spiro atoms. The molecule has 0 saturated heterocycles. The molecule has 1 heterocycles. The zero-order valence-electron chi connectivity index (χ0n) is 14.6. The van der Waals surface area contributed by atoms with Crippen LogP contribution in [0.3, 0.4) is 0 Å². The molecule has 0 bridgehead atoms. The van der Waals surface area contributed by atoms with Gasteiger partial charge in [-0.05, 0) is 25.3 Å². The summed E-state index contributed by atoms with van der Waals surface area (Å²) >= 11 is 0. The number of aliphatic hydroxyl groups excluding tert-OH is 1. The van der Waals surface area contributed by atoms with Gasteiger partial charge < -0.3 is 19.4 Å². The zero-order chi connectivity index (χ0) is 17.4. The molecule has 1 aromatic rings. The fourth-order valence-corrected chi connectivity index (χ4v) is 4.98. The second kappa shape index (κ2) is 6.41. The fourth-order valence-electron chi connectivity index (χ4n) is 3.45. The first-order chi connectivity index (χ1) is 10.6. The molecule has 1 aliphatic rings. The van der Waals surface area contributed by atoms with Crippen LogP contribution in [0.4, 0.5) is 0 Å². The molecule has 23 heavy (non-hydrogen) atoms. The van der Waals surface area contributed by atoms with E-state index in [4.69, 9.17) is 9.15 Å². The number of hydrogen-bond acceptors (Lipinski definition) is 5. The summed E-state index contributed by atoms with van der Waals surface area (Å²) in [6, 6.07) is 1.74. The average Bonchev–Trinajstić information content (AvgIpc) is 2.93. The highest BCUT2D eigenvalue weighted by molar-refractivity contribution is 6.88. The van der Waals surface area contributed by atoms with E-state index in [-0.39, 0.29) is 18.9 Å². The maximum Gasteiger partial charge on any atom is 0.312 e. The molecule has 130 valence electrons. The summed E-state index contributed by atoms with van der Waals surface area (Å²) in [5.74, 6) is -1.16. The highest BCUT2D eigenvalue weighted by Gasteiger charge is 2.52.